The molecule has 1 fully saturated rings. The lowest BCUT2D eigenvalue weighted by molar-refractivity contribution is 0.329. The molecule has 150 valence electrons. The summed E-state index contributed by atoms with van der Waals surface area (Å²) in [5.41, 5.74) is 4.84. The molecule has 0 bridgehead atoms. The standard InChI is InChI=1S/C23H23N7/c1-2-4-20-18(3-1)23(8-11-24-12-9-23)15-30(20)22-25-10-7-21(28-22)27-17-5-6-19-16(13-17)14-26-29-19/h1-7,10,13-14,24H,8-9,11-12,15H2,(H,26,29)(H,25,27,28). The second kappa shape index (κ2) is 6.81. The van der Waals surface area contributed by atoms with Gasteiger partial charge < -0.3 is 15.5 Å². The lowest BCUT2D eigenvalue weighted by Gasteiger charge is -2.34. The summed E-state index contributed by atoms with van der Waals surface area (Å²) in [6.45, 7) is 3.04. The van der Waals surface area contributed by atoms with Crippen LogP contribution in [0, 0.1) is 0 Å². The minimum atomic E-state index is 0.182. The van der Waals surface area contributed by atoms with E-state index in [1.807, 2.05) is 30.6 Å². The van der Waals surface area contributed by atoms with Gasteiger partial charge in [-0.15, -0.1) is 0 Å². The maximum absolute atomic E-state index is 4.86. The molecule has 0 saturated carbocycles. The Balaban J connectivity index is 1.33. The largest absolute Gasteiger partial charge is 0.340 e. The van der Waals surface area contributed by atoms with E-state index in [0.29, 0.717) is 0 Å². The van der Waals surface area contributed by atoms with E-state index in [1.165, 1.54) is 11.3 Å². The number of rotatable bonds is 3. The highest BCUT2D eigenvalue weighted by molar-refractivity contribution is 5.82. The van der Waals surface area contributed by atoms with Gasteiger partial charge in [0.25, 0.3) is 0 Å². The number of nitrogens with zero attached hydrogens (tertiary/aromatic N) is 4. The maximum atomic E-state index is 4.86. The van der Waals surface area contributed by atoms with Crippen LogP contribution in [-0.2, 0) is 5.41 Å². The number of H-pyrrole nitrogens is 1. The van der Waals surface area contributed by atoms with Crippen molar-refractivity contribution in [1.29, 1.82) is 0 Å². The van der Waals surface area contributed by atoms with Gasteiger partial charge in [0.05, 0.1) is 11.7 Å². The van der Waals surface area contributed by atoms with Crippen LogP contribution in [0.2, 0.25) is 0 Å². The molecule has 3 N–H and O–H groups in total. The van der Waals surface area contributed by atoms with Crippen LogP contribution in [0.5, 0.6) is 0 Å². The number of fused-ring (bicyclic) bond motifs is 3. The van der Waals surface area contributed by atoms with Gasteiger partial charge in [0.15, 0.2) is 0 Å². The third kappa shape index (κ3) is 2.81. The van der Waals surface area contributed by atoms with Crippen LogP contribution in [0.15, 0.2) is 60.9 Å². The first-order chi connectivity index (χ1) is 14.8. The molecule has 4 heterocycles. The van der Waals surface area contributed by atoms with Gasteiger partial charge in [-0.2, -0.15) is 10.1 Å². The fourth-order valence-corrected chi connectivity index (χ4v) is 4.86. The molecule has 2 aromatic carbocycles. The molecule has 0 atom stereocenters. The molecular formula is C23H23N7. The van der Waals surface area contributed by atoms with E-state index >= 15 is 0 Å². The number of aromatic amines is 1. The highest BCUT2D eigenvalue weighted by Crippen LogP contribution is 2.48. The summed E-state index contributed by atoms with van der Waals surface area (Å²) in [4.78, 5) is 11.8. The van der Waals surface area contributed by atoms with Crippen molar-refractivity contribution in [2.45, 2.75) is 18.3 Å². The zero-order valence-electron chi connectivity index (χ0n) is 16.6. The number of benzene rings is 2. The Labute approximate surface area is 174 Å². The van der Waals surface area contributed by atoms with Gasteiger partial charge >= 0.3 is 0 Å². The number of para-hydroxylation sites is 1. The molecular weight excluding hydrogens is 374 g/mol. The van der Waals surface area contributed by atoms with E-state index in [0.717, 1.165) is 60.8 Å². The molecule has 2 aromatic heterocycles. The molecule has 1 saturated heterocycles. The topological polar surface area (TPSA) is 81.8 Å². The third-order valence-electron chi connectivity index (χ3n) is 6.38. The molecule has 2 aliphatic rings. The van der Waals surface area contributed by atoms with Crippen molar-refractivity contribution in [3.63, 3.8) is 0 Å². The molecule has 0 radical (unpaired) electrons. The number of piperidine rings is 1. The molecule has 2 aliphatic heterocycles. The molecule has 7 nitrogen and oxygen atoms in total. The van der Waals surface area contributed by atoms with E-state index in [9.17, 15) is 0 Å². The van der Waals surface area contributed by atoms with Gasteiger partial charge in [-0.3, -0.25) is 5.10 Å². The predicted octanol–water partition coefficient (Wildman–Crippen LogP) is 3.87. The third-order valence-corrected chi connectivity index (χ3v) is 6.38. The molecule has 0 aliphatic carbocycles. The van der Waals surface area contributed by atoms with Crippen molar-refractivity contribution in [2.24, 2.45) is 0 Å². The summed E-state index contributed by atoms with van der Waals surface area (Å²) < 4.78 is 0. The first-order valence-corrected chi connectivity index (χ1v) is 10.4. The molecule has 6 rings (SSSR count). The highest BCUT2D eigenvalue weighted by Gasteiger charge is 2.44. The van der Waals surface area contributed by atoms with Gasteiger partial charge in [0, 0.05) is 34.9 Å². The zero-order valence-corrected chi connectivity index (χ0v) is 16.6. The lowest BCUT2D eigenvalue weighted by Crippen LogP contribution is -2.42. The van der Waals surface area contributed by atoms with Crippen LogP contribution in [0.1, 0.15) is 18.4 Å². The van der Waals surface area contributed by atoms with Gasteiger partial charge in [0.2, 0.25) is 5.95 Å². The Kier molecular flexibility index (Phi) is 3.95. The number of anilines is 4. The second-order valence-electron chi connectivity index (χ2n) is 8.17. The maximum Gasteiger partial charge on any atom is 0.231 e. The van der Waals surface area contributed by atoms with E-state index in [1.54, 1.807) is 0 Å². The predicted molar refractivity (Wildman–Crippen MR) is 119 cm³/mol. The van der Waals surface area contributed by atoms with E-state index in [4.69, 9.17) is 4.98 Å². The summed E-state index contributed by atoms with van der Waals surface area (Å²) in [6.07, 6.45) is 5.94. The number of hydrogen-bond donors (Lipinski definition) is 3. The fraction of sp³-hybridized carbons (Fsp3) is 0.261. The van der Waals surface area contributed by atoms with Crippen molar-refractivity contribution in [3.8, 4) is 0 Å². The molecule has 0 amide bonds. The number of aromatic nitrogens is 4. The Morgan fingerprint density at radius 3 is 2.87 bits per heavy atom. The normalized spacial score (nSPS) is 17.4. The Morgan fingerprint density at radius 2 is 1.93 bits per heavy atom. The smallest absolute Gasteiger partial charge is 0.231 e. The number of nitrogens with one attached hydrogen (secondary N) is 3. The van der Waals surface area contributed by atoms with E-state index < -0.39 is 0 Å². The monoisotopic (exact) mass is 397 g/mol. The van der Waals surface area contributed by atoms with Crippen molar-refractivity contribution in [3.05, 3.63) is 66.5 Å². The summed E-state index contributed by atoms with van der Waals surface area (Å²) in [7, 11) is 0. The van der Waals surface area contributed by atoms with Crippen LogP contribution in [0.3, 0.4) is 0 Å². The van der Waals surface area contributed by atoms with Gasteiger partial charge in [-0.25, -0.2) is 4.98 Å². The molecule has 4 aromatic rings. The van der Waals surface area contributed by atoms with Gasteiger partial charge in [-0.05, 0) is 61.8 Å². The van der Waals surface area contributed by atoms with Crippen LogP contribution in [-0.4, -0.2) is 39.8 Å². The zero-order chi connectivity index (χ0) is 20.0. The fourth-order valence-electron chi connectivity index (χ4n) is 4.86. The second-order valence-corrected chi connectivity index (χ2v) is 8.17. The summed E-state index contributed by atoms with van der Waals surface area (Å²) >= 11 is 0. The van der Waals surface area contributed by atoms with Crippen LogP contribution < -0.4 is 15.5 Å². The van der Waals surface area contributed by atoms with Crippen molar-refractivity contribution >= 4 is 34.0 Å². The van der Waals surface area contributed by atoms with E-state index in [-0.39, 0.29) is 5.41 Å². The van der Waals surface area contributed by atoms with Gasteiger partial charge in [0.1, 0.15) is 5.82 Å². The lowest BCUT2D eigenvalue weighted by atomic mass is 9.75. The van der Waals surface area contributed by atoms with Crippen LogP contribution >= 0.6 is 0 Å². The SMILES string of the molecule is c1ccc2c(c1)N(c1nccc(Nc3ccc4[nH]ncc4c3)n1)CC21CCNCC1. The summed E-state index contributed by atoms with van der Waals surface area (Å²) in [6, 6.07) is 16.7. The van der Waals surface area contributed by atoms with Crippen molar-refractivity contribution in [2.75, 3.05) is 29.9 Å². The summed E-state index contributed by atoms with van der Waals surface area (Å²) in [5.74, 6) is 1.53. The Bertz CT molecular complexity index is 1210. The minimum Gasteiger partial charge on any atom is -0.340 e. The van der Waals surface area contributed by atoms with Crippen LogP contribution in [0.4, 0.5) is 23.1 Å². The Morgan fingerprint density at radius 1 is 1.03 bits per heavy atom. The average Bonchev–Trinajstić information content (AvgIpc) is 3.38. The average molecular weight is 397 g/mol. The van der Waals surface area contributed by atoms with Crippen LogP contribution in [0.25, 0.3) is 10.9 Å². The number of hydrogen-bond acceptors (Lipinski definition) is 6. The van der Waals surface area contributed by atoms with Gasteiger partial charge in [-0.1, -0.05) is 18.2 Å². The highest BCUT2D eigenvalue weighted by atomic mass is 15.3. The molecule has 7 heteroatoms. The quantitative estimate of drug-likeness (QED) is 0.487. The Hall–Kier alpha value is -3.45. The first-order valence-electron chi connectivity index (χ1n) is 10.4. The summed E-state index contributed by atoms with van der Waals surface area (Å²) in [5, 5.41) is 15.1. The first kappa shape index (κ1) is 17.4. The van der Waals surface area contributed by atoms with Crippen molar-refractivity contribution in [1.82, 2.24) is 25.5 Å². The van der Waals surface area contributed by atoms with E-state index in [2.05, 4.69) is 61.0 Å². The van der Waals surface area contributed by atoms with Crippen molar-refractivity contribution < 1.29 is 0 Å². The molecule has 1 spiro atoms. The molecule has 30 heavy (non-hydrogen) atoms. The minimum absolute atomic E-state index is 0.182. The molecule has 0 unspecified atom stereocenters.